The highest BCUT2D eigenvalue weighted by Gasteiger charge is 2.34. The first-order chi connectivity index (χ1) is 16.0. The van der Waals surface area contributed by atoms with Crippen LogP contribution in [-0.2, 0) is 11.2 Å². The first-order valence-corrected chi connectivity index (χ1v) is 11.1. The number of aliphatic carboxylic acids is 1. The summed E-state index contributed by atoms with van der Waals surface area (Å²) in [5.41, 5.74) is 2.26. The van der Waals surface area contributed by atoms with Crippen molar-refractivity contribution in [3.8, 4) is 23.0 Å². The van der Waals surface area contributed by atoms with Gasteiger partial charge in [0.2, 0.25) is 0 Å². The number of hydrogen-bond donors (Lipinski definition) is 2. The van der Waals surface area contributed by atoms with E-state index in [1.54, 1.807) is 29.2 Å². The fourth-order valence-corrected chi connectivity index (χ4v) is 4.19. The minimum atomic E-state index is -0.989. The molecule has 176 valence electrons. The van der Waals surface area contributed by atoms with Crippen LogP contribution in [0.4, 0.5) is 10.5 Å². The molecule has 0 saturated heterocycles. The van der Waals surface area contributed by atoms with Crippen molar-refractivity contribution < 1.29 is 33.6 Å². The Balaban J connectivity index is 1.61. The number of amides is 2. The second kappa shape index (κ2) is 9.89. The number of carboxylic acids is 1. The van der Waals surface area contributed by atoms with Crippen molar-refractivity contribution in [2.75, 3.05) is 38.3 Å². The molecule has 1 atom stereocenters. The summed E-state index contributed by atoms with van der Waals surface area (Å²) in [6, 6.07) is 7.87. The van der Waals surface area contributed by atoms with Gasteiger partial charge < -0.3 is 34.3 Å². The average molecular weight is 456 g/mol. The van der Waals surface area contributed by atoms with Gasteiger partial charge in [0.25, 0.3) is 0 Å². The normalized spacial score (nSPS) is 16.5. The fourth-order valence-electron chi connectivity index (χ4n) is 4.19. The number of carbonyl (C=O) groups excluding carboxylic acids is 1. The van der Waals surface area contributed by atoms with Gasteiger partial charge in [-0.15, -0.1) is 0 Å². The SMILES string of the molecule is CCOc1cc2c(cc1OCC)C(CC(=O)O)N(C(=O)Nc1ccc3c(c1)OCCO3)CC2. The minimum absolute atomic E-state index is 0.221. The first kappa shape index (κ1) is 22.6. The van der Waals surface area contributed by atoms with E-state index in [9.17, 15) is 14.7 Å². The van der Waals surface area contributed by atoms with E-state index in [1.807, 2.05) is 19.9 Å². The Morgan fingerprint density at radius 1 is 1.06 bits per heavy atom. The number of carbonyl (C=O) groups is 2. The lowest BCUT2D eigenvalue weighted by Crippen LogP contribution is -2.43. The fraction of sp³-hybridized carbons (Fsp3) is 0.417. The van der Waals surface area contributed by atoms with Crippen LogP contribution in [-0.4, -0.2) is 55.0 Å². The Kier molecular flexibility index (Phi) is 6.76. The van der Waals surface area contributed by atoms with Gasteiger partial charge in [0.15, 0.2) is 23.0 Å². The summed E-state index contributed by atoms with van der Waals surface area (Å²) < 4.78 is 22.6. The Hall–Kier alpha value is -3.62. The topological polar surface area (TPSA) is 107 Å². The van der Waals surface area contributed by atoms with E-state index >= 15 is 0 Å². The van der Waals surface area contributed by atoms with Gasteiger partial charge in [-0.05, 0) is 55.7 Å². The van der Waals surface area contributed by atoms with E-state index in [0.717, 1.165) is 11.1 Å². The molecule has 0 fully saturated rings. The molecule has 2 aliphatic rings. The monoisotopic (exact) mass is 456 g/mol. The minimum Gasteiger partial charge on any atom is -0.490 e. The van der Waals surface area contributed by atoms with Gasteiger partial charge in [-0.25, -0.2) is 4.79 Å². The van der Waals surface area contributed by atoms with Crippen molar-refractivity contribution in [1.82, 2.24) is 4.90 Å². The largest absolute Gasteiger partial charge is 0.490 e. The summed E-state index contributed by atoms with van der Waals surface area (Å²) >= 11 is 0. The van der Waals surface area contributed by atoms with Gasteiger partial charge in [0.05, 0.1) is 25.7 Å². The number of urea groups is 1. The third-order valence-electron chi connectivity index (χ3n) is 5.58. The van der Waals surface area contributed by atoms with Crippen molar-refractivity contribution >= 4 is 17.7 Å². The van der Waals surface area contributed by atoms with Gasteiger partial charge in [0, 0.05) is 18.3 Å². The first-order valence-electron chi connectivity index (χ1n) is 11.1. The lowest BCUT2D eigenvalue weighted by molar-refractivity contribution is -0.138. The highest BCUT2D eigenvalue weighted by atomic mass is 16.6. The Morgan fingerprint density at radius 2 is 1.76 bits per heavy atom. The third-order valence-corrected chi connectivity index (χ3v) is 5.58. The molecule has 4 rings (SSSR count). The quantitative estimate of drug-likeness (QED) is 0.652. The number of nitrogens with zero attached hydrogens (tertiary/aromatic N) is 1. The molecule has 9 nitrogen and oxygen atoms in total. The summed E-state index contributed by atoms with van der Waals surface area (Å²) in [7, 11) is 0. The van der Waals surface area contributed by atoms with Crippen molar-refractivity contribution in [3.05, 3.63) is 41.5 Å². The predicted octanol–water partition coefficient (Wildman–Crippen LogP) is 3.86. The molecule has 1 unspecified atom stereocenters. The Bertz CT molecular complexity index is 1040. The van der Waals surface area contributed by atoms with Gasteiger partial charge in [-0.3, -0.25) is 4.79 Å². The van der Waals surface area contributed by atoms with E-state index in [4.69, 9.17) is 18.9 Å². The van der Waals surface area contributed by atoms with Gasteiger partial charge in [-0.2, -0.15) is 0 Å². The zero-order chi connectivity index (χ0) is 23.4. The highest BCUT2D eigenvalue weighted by Crippen LogP contribution is 2.40. The van der Waals surface area contributed by atoms with Crippen molar-refractivity contribution in [2.45, 2.75) is 32.7 Å². The molecule has 2 aromatic rings. The lowest BCUT2D eigenvalue weighted by Gasteiger charge is -2.37. The molecule has 0 saturated carbocycles. The van der Waals surface area contributed by atoms with Crippen molar-refractivity contribution in [3.63, 3.8) is 0 Å². The molecule has 0 spiro atoms. The molecular weight excluding hydrogens is 428 g/mol. The van der Waals surface area contributed by atoms with Crippen LogP contribution in [0.5, 0.6) is 23.0 Å². The van der Waals surface area contributed by atoms with Crippen LogP contribution in [0.1, 0.15) is 37.4 Å². The summed E-state index contributed by atoms with van der Waals surface area (Å²) in [4.78, 5) is 26.5. The zero-order valence-electron chi connectivity index (χ0n) is 18.8. The molecule has 0 aliphatic carbocycles. The molecule has 9 heteroatoms. The lowest BCUT2D eigenvalue weighted by atomic mass is 9.90. The Morgan fingerprint density at radius 3 is 2.45 bits per heavy atom. The van der Waals surface area contributed by atoms with Crippen LogP contribution in [0.15, 0.2) is 30.3 Å². The van der Waals surface area contributed by atoms with Crippen LogP contribution >= 0.6 is 0 Å². The third kappa shape index (κ3) is 4.92. The number of ether oxygens (including phenoxy) is 4. The second-order valence-electron chi connectivity index (χ2n) is 7.71. The number of rotatable bonds is 7. The molecular formula is C24H28N2O7. The summed E-state index contributed by atoms with van der Waals surface area (Å²) in [5.74, 6) is 1.37. The van der Waals surface area contributed by atoms with E-state index in [0.29, 0.717) is 68.1 Å². The predicted molar refractivity (Wildman–Crippen MR) is 121 cm³/mol. The highest BCUT2D eigenvalue weighted by molar-refractivity contribution is 5.90. The van der Waals surface area contributed by atoms with Crippen molar-refractivity contribution in [2.24, 2.45) is 0 Å². The summed E-state index contributed by atoms with van der Waals surface area (Å²) in [6.07, 6.45) is 0.355. The maximum Gasteiger partial charge on any atom is 0.322 e. The number of carboxylic acid groups (broad SMARTS) is 1. The van der Waals surface area contributed by atoms with E-state index < -0.39 is 12.0 Å². The van der Waals surface area contributed by atoms with Crippen LogP contribution in [0.25, 0.3) is 0 Å². The Labute approximate surface area is 192 Å². The van der Waals surface area contributed by atoms with Crippen LogP contribution < -0.4 is 24.3 Å². The van der Waals surface area contributed by atoms with Gasteiger partial charge in [-0.1, -0.05) is 0 Å². The molecule has 2 N–H and O–H groups in total. The smallest absolute Gasteiger partial charge is 0.322 e. The molecule has 2 aliphatic heterocycles. The van der Waals surface area contributed by atoms with E-state index in [2.05, 4.69) is 5.32 Å². The van der Waals surface area contributed by atoms with E-state index in [-0.39, 0.29) is 12.5 Å². The number of fused-ring (bicyclic) bond motifs is 2. The molecule has 2 heterocycles. The second-order valence-corrected chi connectivity index (χ2v) is 7.71. The maximum absolute atomic E-state index is 13.2. The molecule has 2 aromatic carbocycles. The number of benzene rings is 2. The van der Waals surface area contributed by atoms with E-state index in [1.165, 1.54) is 0 Å². The molecule has 2 amide bonds. The average Bonchev–Trinajstić information content (AvgIpc) is 2.79. The molecule has 0 bridgehead atoms. The summed E-state index contributed by atoms with van der Waals surface area (Å²) in [6.45, 7) is 6.00. The number of anilines is 1. The van der Waals surface area contributed by atoms with Crippen molar-refractivity contribution in [1.29, 1.82) is 0 Å². The van der Waals surface area contributed by atoms with Crippen LogP contribution in [0.3, 0.4) is 0 Å². The van der Waals surface area contributed by atoms with Crippen LogP contribution in [0, 0.1) is 0 Å². The number of hydrogen-bond acceptors (Lipinski definition) is 6. The standard InChI is InChI=1S/C24H28N2O7/c1-3-30-20-11-15-7-8-26(18(14-23(27)28)17(15)13-22(20)31-4-2)24(29)25-16-5-6-19-21(12-16)33-10-9-32-19/h5-6,11-13,18H,3-4,7-10,14H2,1-2H3,(H,25,29)(H,27,28). The summed E-state index contributed by atoms with van der Waals surface area (Å²) in [5, 5.41) is 12.4. The van der Waals surface area contributed by atoms with Gasteiger partial charge >= 0.3 is 12.0 Å². The zero-order valence-corrected chi connectivity index (χ0v) is 18.8. The van der Waals surface area contributed by atoms with Crippen LogP contribution in [0.2, 0.25) is 0 Å². The maximum atomic E-state index is 13.2. The molecule has 33 heavy (non-hydrogen) atoms. The molecule has 0 radical (unpaired) electrons. The molecule has 0 aromatic heterocycles. The van der Waals surface area contributed by atoms with Gasteiger partial charge in [0.1, 0.15) is 13.2 Å². The number of nitrogens with one attached hydrogen (secondary N) is 1.